The number of rotatable bonds is 14. The molecule has 0 fully saturated rings. The SMILES string of the molecule is CCCCCCCC[CH]CCCCCCCC. The minimum absolute atomic E-state index is 1.36. The second-order valence-electron chi connectivity index (χ2n) is 5.40. The van der Waals surface area contributed by atoms with Crippen LogP contribution >= 0.6 is 0 Å². The predicted octanol–water partition coefficient (Wildman–Crippen LogP) is 6.69. The summed E-state index contributed by atoms with van der Waals surface area (Å²) >= 11 is 0. The Kier molecular flexibility index (Phi) is 16.0. The third-order valence-electron chi connectivity index (χ3n) is 3.52. The third-order valence-corrected chi connectivity index (χ3v) is 3.52. The lowest BCUT2D eigenvalue weighted by molar-refractivity contribution is 0.581. The highest BCUT2D eigenvalue weighted by molar-refractivity contribution is 4.64. The van der Waals surface area contributed by atoms with Gasteiger partial charge in [-0.3, -0.25) is 0 Å². The lowest BCUT2D eigenvalue weighted by atomic mass is 10.0. The van der Waals surface area contributed by atoms with E-state index in [1.807, 2.05) is 0 Å². The molecule has 0 aromatic carbocycles. The molecular weight excluding hydrogens is 204 g/mol. The monoisotopic (exact) mass is 239 g/mol. The Morgan fingerprint density at radius 1 is 0.471 bits per heavy atom. The smallest absolute Gasteiger partial charge is 0.0386 e. The molecule has 17 heavy (non-hydrogen) atoms. The van der Waals surface area contributed by atoms with E-state index in [1.165, 1.54) is 89.9 Å². The molecule has 0 aliphatic rings. The van der Waals surface area contributed by atoms with Crippen molar-refractivity contribution in [1.82, 2.24) is 0 Å². The van der Waals surface area contributed by atoms with Gasteiger partial charge in [0.1, 0.15) is 0 Å². The van der Waals surface area contributed by atoms with Crippen LogP contribution in [0.25, 0.3) is 0 Å². The average molecular weight is 239 g/mol. The first-order chi connectivity index (χ1) is 8.41. The Labute approximate surface area is 111 Å². The molecule has 0 aromatic heterocycles. The maximum atomic E-state index is 2.53. The minimum Gasteiger partial charge on any atom is -0.0654 e. The van der Waals surface area contributed by atoms with Crippen molar-refractivity contribution in [2.24, 2.45) is 0 Å². The van der Waals surface area contributed by atoms with Crippen molar-refractivity contribution in [3.63, 3.8) is 0 Å². The van der Waals surface area contributed by atoms with Crippen LogP contribution < -0.4 is 0 Å². The summed E-state index contributed by atoms with van der Waals surface area (Å²) in [5.41, 5.74) is 0. The fraction of sp³-hybridized carbons (Fsp3) is 0.941. The first-order valence-corrected chi connectivity index (χ1v) is 8.23. The van der Waals surface area contributed by atoms with Gasteiger partial charge >= 0.3 is 0 Å². The van der Waals surface area contributed by atoms with Crippen LogP contribution in [0.3, 0.4) is 0 Å². The predicted molar refractivity (Wildman–Crippen MR) is 80.3 cm³/mol. The maximum Gasteiger partial charge on any atom is -0.0386 e. The van der Waals surface area contributed by atoms with Crippen molar-refractivity contribution in [1.29, 1.82) is 0 Å². The van der Waals surface area contributed by atoms with Crippen LogP contribution in [0, 0.1) is 6.42 Å². The van der Waals surface area contributed by atoms with E-state index in [-0.39, 0.29) is 0 Å². The second-order valence-corrected chi connectivity index (χ2v) is 5.40. The zero-order valence-electron chi connectivity index (χ0n) is 12.5. The van der Waals surface area contributed by atoms with Gasteiger partial charge in [0.2, 0.25) is 0 Å². The van der Waals surface area contributed by atoms with E-state index in [2.05, 4.69) is 20.3 Å². The van der Waals surface area contributed by atoms with E-state index in [1.54, 1.807) is 0 Å². The van der Waals surface area contributed by atoms with Gasteiger partial charge in [-0.05, 0) is 6.42 Å². The van der Waals surface area contributed by atoms with Gasteiger partial charge in [-0.25, -0.2) is 0 Å². The Balaban J connectivity index is 2.85. The minimum atomic E-state index is 1.36. The molecule has 0 atom stereocenters. The van der Waals surface area contributed by atoms with Crippen LogP contribution in [-0.4, -0.2) is 0 Å². The van der Waals surface area contributed by atoms with Crippen LogP contribution in [0.15, 0.2) is 0 Å². The molecule has 0 saturated heterocycles. The van der Waals surface area contributed by atoms with Gasteiger partial charge in [0.05, 0.1) is 0 Å². The van der Waals surface area contributed by atoms with Gasteiger partial charge in [-0.2, -0.15) is 0 Å². The Morgan fingerprint density at radius 2 is 0.824 bits per heavy atom. The first kappa shape index (κ1) is 17.0. The summed E-state index contributed by atoms with van der Waals surface area (Å²) in [7, 11) is 0. The number of unbranched alkanes of at least 4 members (excludes halogenated alkanes) is 14. The number of hydrogen-bond donors (Lipinski definition) is 0. The highest BCUT2D eigenvalue weighted by Crippen LogP contribution is 2.12. The summed E-state index contributed by atoms with van der Waals surface area (Å²) in [6.45, 7) is 4.57. The highest BCUT2D eigenvalue weighted by Gasteiger charge is 1.93. The molecule has 0 unspecified atom stereocenters. The molecule has 0 aromatic rings. The highest BCUT2D eigenvalue weighted by atomic mass is 14.0. The van der Waals surface area contributed by atoms with E-state index >= 15 is 0 Å². The van der Waals surface area contributed by atoms with Crippen LogP contribution in [0.5, 0.6) is 0 Å². The topological polar surface area (TPSA) is 0 Å². The van der Waals surface area contributed by atoms with Crippen molar-refractivity contribution in [3.8, 4) is 0 Å². The summed E-state index contributed by atoms with van der Waals surface area (Å²) in [4.78, 5) is 0. The molecule has 0 saturated carbocycles. The van der Waals surface area contributed by atoms with E-state index < -0.39 is 0 Å². The molecule has 0 amide bonds. The fourth-order valence-electron chi connectivity index (χ4n) is 2.28. The van der Waals surface area contributed by atoms with Gasteiger partial charge in [0.15, 0.2) is 0 Å². The van der Waals surface area contributed by atoms with E-state index in [4.69, 9.17) is 0 Å². The molecular formula is C17H35. The van der Waals surface area contributed by atoms with Crippen LogP contribution in [-0.2, 0) is 0 Å². The van der Waals surface area contributed by atoms with Crippen LogP contribution in [0.2, 0.25) is 0 Å². The van der Waals surface area contributed by atoms with Crippen molar-refractivity contribution in [3.05, 3.63) is 6.42 Å². The third kappa shape index (κ3) is 16.0. The fourth-order valence-corrected chi connectivity index (χ4v) is 2.28. The standard InChI is InChI=1S/C17H35/c1-3-5-7-9-11-13-15-17-16-14-12-10-8-6-4-2/h17H,3-16H2,1-2H3. The summed E-state index contributed by atoms with van der Waals surface area (Å²) < 4.78 is 0. The molecule has 0 bridgehead atoms. The molecule has 0 aliphatic carbocycles. The molecule has 0 aliphatic heterocycles. The molecule has 103 valence electrons. The van der Waals surface area contributed by atoms with Gasteiger partial charge in [-0.1, -0.05) is 104 Å². The maximum absolute atomic E-state index is 2.53. The molecule has 0 rings (SSSR count). The molecule has 0 N–H and O–H groups in total. The second kappa shape index (κ2) is 16.0. The Morgan fingerprint density at radius 3 is 1.24 bits per heavy atom. The largest absolute Gasteiger partial charge is 0.0654 e. The van der Waals surface area contributed by atoms with Gasteiger partial charge in [-0.15, -0.1) is 0 Å². The summed E-state index contributed by atoms with van der Waals surface area (Å²) in [5.74, 6) is 0. The molecule has 0 spiro atoms. The van der Waals surface area contributed by atoms with Crippen molar-refractivity contribution in [2.75, 3.05) is 0 Å². The normalized spacial score (nSPS) is 10.9. The van der Waals surface area contributed by atoms with Crippen molar-refractivity contribution in [2.45, 2.75) is 104 Å². The van der Waals surface area contributed by atoms with E-state index in [0.717, 1.165) is 0 Å². The zero-order chi connectivity index (χ0) is 12.6. The zero-order valence-corrected chi connectivity index (χ0v) is 12.5. The van der Waals surface area contributed by atoms with Crippen molar-refractivity contribution < 1.29 is 0 Å². The quantitative estimate of drug-likeness (QED) is 0.296. The van der Waals surface area contributed by atoms with Crippen molar-refractivity contribution >= 4 is 0 Å². The van der Waals surface area contributed by atoms with Gasteiger partial charge in [0.25, 0.3) is 0 Å². The Bertz CT molecular complexity index is 103. The molecule has 1 radical (unpaired) electrons. The lowest BCUT2D eigenvalue weighted by Gasteiger charge is -2.02. The summed E-state index contributed by atoms with van der Waals surface area (Å²) in [6.07, 6.45) is 22.4. The van der Waals surface area contributed by atoms with Crippen LogP contribution in [0.4, 0.5) is 0 Å². The first-order valence-electron chi connectivity index (χ1n) is 8.23. The van der Waals surface area contributed by atoms with Gasteiger partial charge < -0.3 is 0 Å². The van der Waals surface area contributed by atoms with E-state index in [0.29, 0.717) is 0 Å². The lowest BCUT2D eigenvalue weighted by Crippen LogP contribution is -1.83. The van der Waals surface area contributed by atoms with Crippen LogP contribution in [0.1, 0.15) is 104 Å². The summed E-state index contributed by atoms with van der Waals surface area (Å²) in [6, 6.07) is 0. The molecule has 0 heteroatoms. The Hall–Kier alpha value is 0. The van der Waals surface area contributed by atoms with Gasteiger partial charge in [0, 0.05) is 0 Å². The molecule has 0 heterocycles. The van der Waals surface area contributed by atoms with E-state index in [9.17, 15) is 0 Å². The summed E-state index contributed by atoms with van der Waals surface area (Å²) in [5, 5.41) is 0. The molecule has 0 nitrogen and oxygen atoms in total. The average Bonchev–Trinajstić information content (AvgIpc) is 2.35. The number of hydrogen-bond acceptors (Lipinski definition) is 0.